The lowest BCUT2D eigenvalue weighted by molar-refractivity contribution is 0.163. The van der Waals surface area contributed by atoms with Gasteiger partial charge in [-0.15, -0.1) is 0 Å². The van der Waals surface area contributed by atoms with Gasteiger partial charge >= 0.3 is 6.03 Å². The highest BCUT2D eigenvalue weighted by Gasteiger charge is 2.25. The zero-order valence-electron chi connectivity index (χ0n) is 15.1. The van der Waals surface area contributed by atoms with E-state index >= 15 is 0 Å². The molecular formula is C21H25FN2O2. The molecule has 138 valence electrons. The number of hydrogen-bond acceptors (Lipinski definition) is 2. The van der Waals surface area contributed by atoms with Crippen LogP contribution in [0.25, 0.3) is 0 Å². The van der Waals surface area contributed by atoms with Crippen LogP contribution in [0.5, 0.6) is 5.75 Å². The molecule has 0 heterocycles. The van der Waals surface area contributed by atoms with Crippen molar-refractivity contribution < 1.29 is 13.9 Å². The van der Waals surface area contributed by atoms with Gasteiger partial charge in [0, 0.05) is 24.3 Å². The number of carbonyl (C=O) groups excluding carboxylic acids is 1. The fraction of sp³-hybridized carbons (Fsp3) is 0.381. The van der Waals surface area contributed by atoms with Crippen LogP contribution < -0.4 is 10.1 Å². The lowest BCUT2D eigenvalue weighted by Gasteiger charge is -2.34. The minimum absolute atomic E-state index is 0.130. The van der Waals surface area contributed by atoms with Gasteiger partial charge < -0.3 is 15.0 Å². The van der Waals surface area contributed by atoms with E-state index < -0.39 is 0 Å². The lowest BCUT2D eigenvalue weighted by Crippen LogP contribution is -2.43. The maximum absolute atomic E-state index is 13.2. The number of benzene rings is 2. The summed E-state index contributed by atoms with van der Waals surface area (Å²) in [5, 5.41) is 2.98. The summed E-state index contributed by atoms with van der Waals surface area (Å²) < 4.78 is 18.4. The third kappa shape index (κ3) is 4.75. The lowest BCUT2D eigenvalue weighted by atomic mass is 9.94. The summed E-state index contributed by atoms with van der Waals surface area (Å²) in [4.78, 5) is 14.9. The molecule has 26 heavy (non-hydrogen) atoms. The van der Waals surface area contributed by atoms with Gasteiger partial charge in [0.25, 0.3) is 0 Å². The number of methoxy groups -OCH3 is 1. The van der Waals surface area contributed by atoms with Gasteiger partial charge in [-0.3, -0.25) is 0 Å². The van der Waals surface area contributed by atoms with Crippen LogP contribution in [0.1, 0.15) is 37.7 Å². The maximum Gasteiger partial charge on any atom is 0.322 e. The summed E-state index contributed by atoms with van der Waals surface area (Å²) in [6, 6.07) is 13.8. The van der Waals surface area contributed by atoms with E-state index in [1.807, 2.05) is 23.1 Å². The normalized spacial score (nSPS) is 14.7. The van der Waals surface area contributed by atoms with Gasteiger partial charge in [0.05, 0.1) is 7.11 Å². The molecule has 0 bridgehead atoms. The second-order valence-corrected chi connectivity index (χ2v) is 6.71. The summed E-state index contributed by atoms with van der Waals surface area (Å²) in [6.07, 6.45) is 5.51. The monoisotopic (exact) mass is 356 g/mol. The third-order valence-electron chi connectivity index (χ3n) is 4.86. The van der Waals surface area contributed by atoms with Crippen LogP contribution in [-0.2, 0) is 6.54 Å². The van der Waals surface area contributed by atoms with Gasteiger partial charge in [0.1, 0.15) is 11.6 Å². The van der Waals surface area contributed by atoms with Crippen LogP contribution in [0.3, 0.4) is 0 Å². The average molecular weight is 356 g/mol. The SMILES string of the molecule is COc1cccc(NC(=O)N(Cc2ccc(F)cc2)C2CCCCC2)c1. The zero-order valence-corrected chi connectivity index (χ0v) is 15.1. The van der Waals surface area contributed by atoms with E-state index in [0.717, 1.165) is 31.2 Å². The highest BCUT2D eigenvalue weighted by Crippen LogP contribution is 2.25. The summed E-state index contributed by atoms with van der Waals surface area (Å²) in [5.74, 6) is 0.435. The molecule has 0 aromatic heterocycles. The topological polar surface area (TPSA) is 41.6 Å². The number of rotatable bonds is 5. The second-order valence-electron chi connectivity index (χ2n) is 6.71. The fourth-order valence-corrected chi connectivity index (χ4v) is 3.44. The first-order valence-corrected chi connectivity index (χ1v) is 9.12. The molecule has 3 rings (SSSR count). The molecule has 1 aliphatic rings. The number of carbonyl (C=O) groups is 1. The number of nitrogens with one attached hydrogen (secondary N) is 1. The molecular weight excluding hydrogens is 331 g/mol. The van der Waals surface area contributed by atoms with E-state index in [2.05, 4.69) is 5.32 Å². The molecule has 0 atom stereocenters. The minimum atomic E-state index is -0.265. The van der Waals surface area contributed by atoms with Gasteiger partial charge in [-0.2, -0.15) is 0 Å². The smallest absolute Gasteiger partial charge is 0.322 e. The molecule has 5 heteroatoms. The standard InChI is InChI=1S/C21H25FN2O2/c1-26-20-9-5-6-18(14-20)23-21(25)24(19-7-3-2-4-8-19)15-16-10-12-17(22)13-11-16/h5-6,9-14,19H,2-4,7-8,15H2,1H3,(H,23,25). The molecule has 0 radical (unpaired) electrons. The Bertz CT molecular complexity index is 727. The Kier molecular flexibility index (Phi) is 6.10. The van der Waals surface area contributed by atoms with Crippen molar-refractivity contribution in [2.45, 2.75) is 44.7 Å². The van der Waals surface area contributed by atoms with Gasteiger partial charge in [0.2, 0.25) is 0 Å². The molecule has 1 fully saturated rings. The van der Waals surface area contributed by atoms with E-state index in [9.17, 15) is 9.18 Å². The van der Waals surface area contributed by atoms with E-state index in [1.165, 1.54) is 18.6 Å². The number of urea groups is 1. The molecule has 0 aliphatic heterocycles. The quantitative estimate of drug-likeness (QED) is 0.800. The number of amides is 2. The van der Waals surface area contributed by atoms with Crippen molar-refractivity contribution in [1.82, 2.24) is 4.90 Å². The molecule has 0 saturated heterocycles. The van der Waals surface area contributed by atoms with Crippen LogP contribution >= 0.6 is 0 Å². The number of halogens is 1. The molecule has 0 unspecified atom stereocenters. The number of ether oxygens (including phenoxy) is 1. The molecule has 1 aliphatic carbocycles. The van der Waals surface area contributed by atoms with Crippen LogP contribution in [0.2, 0.25) is 0 Å². The Morgan fingerprint density at radius 2 is 1.88 bits per heavy atom. The third-order valence-corrected chi connectivity index (χ3v) is 4.86. The molecule has 2 aromatic carbocycles. The Labute approximate surface area is 154 Å². The Morgan fingerprint density at radius 3 is 2.58 bits per heavy atom. The van der Waals surface area contributed by atoms with Crippen LogP contribution in [-0.4, -0.2) is 24.1 Å². The summed E-state index contributed by atoms with van der Waals surface area (Å²) >= 11 is 0. The predicted molar refractivity (Wildman–Crippen MR) is 101 cm³/mol. The van der Waals surface area contributed by atoms with Gasteiger partial charge in [-0.1, -0.05) is 37.5 Å². The second kappa shape index (κ2) is 8.70. The average Bonchev–Trinajstić information content (AvgIpc) is 2.68. The Hall–Kier alpha value is -2.56. The predicted octanol–water partition coefficient (Wildman–Crippen LogP) is 5.20. The van der Waals surface area contributed by atoms with Crippen molar-refractivity contribution in [1.29, 1.82) is 0 Å². The number of hydrogen-bond donors (Lipinski definition) is 1. The summed E-state index contributed by atoms with van der Waals surface area (Å²) in [7, 11) is 1.60. The minimum Gasteiger partial charge on any atom is -0.497 e. The highest BCUT2D eigenvalue weighted by atomic mass is 19.1. The summed E-state index contributed by atoms with van der Waals surface area (Å²) in [6.45, 7) is 0.473. The molecule has 2 amide bonds. The molecule has 1 saturated carbocycles. The van der Waals surface area contributed by atoms with E-state index in [-0.39, 0.29) is 17.9 Å². The zero-order chi connectivity index (χ0) is 18.4. The van der Waals surface area contributed by atoms with Gasteiger partial charge in [-0.25, -0.2) is 9.18 Å². The van der Waals surface area contributed by atoms with Crippen molar-refractivity contribution in [3.63, 3.8) is 0 Å². The van der Waals surface area contributed by atoms with Crippen molar-refractivity contribution in [3.8, 4) is 5.75 Å². The van der Waals surface area contributed by atoms with Crippen LogP contribution in [0.15, 0.2) is 48.5 Å². The van der Waals surface area contributed by atoms with Crippen molar-refractivity contribution in [2.24, 2.45) is 0 Å². The Morgan fingerprint density at radius 1 is 1.15 bits per heavy atom. The van der Waals surface area contributed by atoms with Gasteiger partial charge in [0.15, 0.2) is 0 Å². The fourth-order valence-electron chi connectivity index (χ4n) is 3.44. The first-order chi connectivity index (χ1) is 12.7. The molecule has 0 spiro atoms. The first kappa shape index (κ1) is 18.2. The van der Waals surface area contributed by atoms with E-state index in [4.69, 9.17) is 4.74 Å². The van der Waals surface area contributed by atoms with E-state index in [1.54, 1.807) is 25.3 Å². The largest absolute Gasteiger partial charge is 0.497 e. The molecule has 4 nitrogen and oxygen atoms in total. The van der Waals surface area contributed by atoms with Crippen LogP contribution in [0, 0.1) is 5.82 Å². The Balaban J connectivity index is 1.76. The molecule has 1 N–H and O–H groups in total. The van der Waals surface area contributed by atoms with Crippen molar-refractivity contribution in [2.75, 3.05) is 12.4 Å². The van der Waals surface area contributed by atoms with E-state index in [0.29, 0.717) is 18.0 Å². The molecule has 2 aromatic rings. The first-order valence-electron chi connectivity index (χ1n) is 9.12. The van der Waals surface area contributed by atoms with Crippen LogP contribution in [0.4, 0.5) is 14.9 Å². The summed E-state index contributed by atoms with van der Waals surface area (Å²) in [5.41, 5.74) is 1.63. The van der Waals surface area contributed by atoms with Crippen molar-refractivity contribution in [3.05, 3.63) is 59.9 Å². The number of anilines is 1. The maximum atomic E-state index is 13.2. The van der Waals surface area contributed by atoms with Gasteiger partial charge in [-0.05, 0) is 42.7 Å². The number of nitrogens with zero attached hydrogens (tertiary/aromatic N) is 1. The van der Waals surface area contributed by atoms with Crippen molar-refractivity contribution >= 4 is 11.7 Å². The highest BCUT2D eigenvalue weighted by molar-refractivity contribution is 5.89.